The molecule has 3 heterocycles. The Morgan fingerprint density at radius 2 is 2.00 bits per heavy atom. The van der Waals surface area contributed by atoms with E-state index in [-0.39, 0.29) is 16.8 Å². The number of thiophene rings is 1. The molecule has 3 aromatic rings. The number of nitrogens with one attached hydrogen (secondary N) is 1. The first-order chi connectivity index (χ1) is 15.2. The summed E-state index contributed by atoms with van der Waals surface area (Å²) in [6.07, 6.45) is 1.43. The summed E-state index contributed by atoms with van der Waals surface area (Å²) < 4.78 is 33.1. The second-order valence-electron chi connectivity index (χ2n) is 7.90. The van der Waals surface area contributed by atoms with Gasteiger partial charge in [0, 0.05) is 6.54 Å². The van der Waals surface area contributed by atoms with E-state index in [1.165, 1.54) is 22.0 Å². The van der Waals surface area contributed by atoms with Crippen LogP contribution in [-0.2, 0) is 21.2 Å². The summed E-state index contributed by atoms with van der Waals surface area (Å²) in [7, 11) is -3.81. The Bertz CT molecular complexity index is 1200. The largest absolute Gasteiger partial charge is 0.407 e. The minimum atomic E-state index is -3.81. The molecule has 1 amide bonds. The summed E-state index contributed by atoms with van der Waals surface area (Å²) in [4.78, 5) is 12.8. The van der Waals surface area contributed by atoms with Crippen LogP contribution in [0, 0.1) is 0 Å². The van der Waals surface area contributed by atoms with Crippen LogP contribution in [0.3, 0.4) is 0 Å². The van der Waals surface area contributed by atoms with Gasteiger partial charge in [-0.3, -0.25) is 10.1 Å². The Morgan fingerprint density at radius 1 is 1.25 bits per heavy atom. The van der Waals surface area contributed by atoms with Gasteiger partial charge in [-0.2, -0.15) is 4.31 Å². The van der Waals surface area contributed by atoms with Crippen molar-refractivity contribution in [3.8, 4) is 0 Å². The number of nitrogens with zero attached hydrogens (tertiary/aromatic N) is 3. The number of sulfonamides is 1. The van der Waals surface area contributed by atoms with Gasteiger partial charge in [0.2, 0.25) is 11.8 Å². The molecule has 1 atom stereocenters. The van der Waals surface area contributed by atoms with Gasteiger partial charge in [-0.1, -0.05) is 54.8 Å². The molecule has 1 fully saturated rings. The third-order valence-corrected chi connectivity index (χ3v) is 8.92. The van der Waals surface area contributed by atoms with Gasteiger partial charge in [-0.05, 0) is 42.0 Å². The second kappa shape index (κ2) is 9.30. The average molecular weight is 495 g/mol. The lowest BCUT2D eigenvalue weighted by molar-refractivity contribution is -0.119. The molecule has 4 rings (SSSR count). The summed E-state index contributed by atoms with van der Waals surface area (Å²) >= 11 is 6.86. The molecule has 0 bridgehead atoms. The highest BCUT2D eigenvalue weighted by molar-refractivity contribution is 7.91. The minimum absolute atomic E-state index is 0.0489. The summed E-state index contributed by atoms with van der Waals surface area (Å²) in [6, 6.07) is 10.2. The zero-order chi connectivity index (χ0) is 22.9. The zero-order valence-corrected chi connectivity index (χ0v) is 20.0. The maximum Gasteiger partial charge on any atom is 0.322 e. The second-order valence-corrected chi connectivity index (χ2v) is 11.7. The number of carbonyl (C=O) groups excluding carboxylic acids is 1. The van der Waals surface area contributed by atoms with E-state index in [9.17, 15) is 13.2 Å². The molecule has 0 radical (unpaired) electrons. The van der Waals surface area contributed by atoms with Crippen molar-refractivity contribution in [1.82, 2.24) is 14.5 Å². The van der Waals surface area contributed by atoms with Gasteiger partial charge in [0.25, 0.3) is 10.0 Å². The van der Waals surface area contributed by atoms with Crippen LogP contribution in [-0.4, -0.2) is 41.4 Å². The predicted molar refractivity (Wildman–Crippen MR) is 123 cm³/mol. The van der Waals surface area contributed by atoms with Gasteiger partial charge >= 0.3 is 6.01 Å². The molecule has 2 aromatic heterocycles. The number of aromatic nitrogens is 2. The fraction of sp³-hybridized carbons (Fsp3) is 0.381. The Balaban J connectivity index is 1.42. The van der Waals surface area contributed by atoms with Crippen molar-refractivity contribution in [2.75, 3.05) is 11.9 Å². The SMILES string of the molecule is CC(C)c1ccc(Cc2nnc(NC(=O)C3CCCN3S(=O)(=O)c3ccc(Cl)s3)o2)cc1. The summed E-state index contributed by atoms with van der Waals surface area (Å²) in [5, 5.41) is 10.4. The first-order valence-corrected chi connectivity index (χ1v) is 12.9. The van der Waals surface area contributed by atoms with Crippen LogP contribution in [0.1, 0.15) is 49.6 Å². The van der Waals surface area contributed by atoms with Crippen molar-refractivity contribution in [3.63, 3.8) is 0 Å². The van der Waals surface area contributed by atoms with Crippen LogP contribution in [0.25, 0.3) is 0 Å². The number of rotatable bonds is 7. The standard InChI is InChI=1S/C21H23ClN4O4S2/c1-13(2)15-7-5-14(6-8-15)12-18-24-25-21(30-18)23-20(27)16-4-3-11-26(16)32(28,29)19-10-9-17(22)31-19/h5-10,13,16H,3-4,11-12H2,1-2H3,(H,23,25,27). The highest BCUT2D eigenvalue weighted by atomic mass is 35.5. The van der Waals surface area contributed by atoms with Gasteiger partial charge < -0.3 is 4.42 Å². The van der Waals surface area contributed by atoms with Crippen molar-refractivity contribution in [3.05, 3.63) is 57.8 Å². The fourth-order valence-corrected chi connectivity index (χ4v) is 6.87. The molecule has 1 aromatic carbocycles. The molecule has 8 nitrogen and oxygen atoms in total. The van der Waals surface area contributed by atoms with Crippen LogP contribution in [0.2, 0.25) is 4.34 Å². The fourth-order valence-electron chi connectivity index (χ4n) is 3.60. The van der Waals surface area contributed by atoms with E-state index >= 15 is 0 Å². The number of anilines is 1. The molecule has 0 saturated carbocycles. The van der Waals surface area contributed by atoms with Gasteiger partial charge in [0.15, 0.2) is 0 Å². The van der Waals surface area contributed by atoms with Crippen LogP contribution in [0.15, 0.2) is 45.0 Å². The van der Waals surface area contributed by atoms with Gasteiger partial charge in [0.1, 0.15) is 10.3 Å². The van der Waals surface area contributed by atoms with Gasteiger partial charge in [0.05, 0.1) is 10.8 Å². The molecular weight excluding hydrogens is 472 g/mol. The van der Waals surface area contributed by atoms with Gasteiger partial charge in [-0.15, -0.1) is 16.4 Å². The van der Waals surface area contributed by atoms with E-state index in [0.29, 0.717) is 35.4 Å². The minimum Gasteiger partial charge on any atom is -0.407 e. The van der Waals surface area contributed by atoms with E-state index < -0.39 is 22.0 Å². The van der Waals surface area contributed by atoms with E-state index in [2.05, 4.69) is 41.5 Å². The van der Waals surface area contributed by atoms with E-state index in [4.69, 9.17) is 16.0 Å². The lowest BCUT2D eigenvalue weighted by atomic mass is 10.0. The topological polar surface area (TPSA) is 105 Å². The van der Waals surface area contributed by atoms with Crippen LogP contribution in [0.4, 0.5) is 6.01 Å². The molecule has 1 N–H and O–H groups in total. The lowest BCUT2D eigenvalue weighted by Gasteiger charge is -2.21. The van der Waals surface area contributed by atoms with Crippen molar-refractivity contribution in [2.24, 2.45) is 0 Å². The Hall–Kier alpha value is -2.27. The number of amides is 1. The normalized spacial score (nSPS) is 17.2. The van der Waals surface area contributed by atoms with Gasteiger partial charge in [-0.25, -0.2) is 8.42 Å². The third kappa shape index (κ3) is 4.88. The molecule has 0 aliphatic carbocycles. The zero-order valence-electron chi connectivity index (χ0n) is 17.6. The molecule has 1 unspecified atom stereocenters. The third-order valence-electron chi connectivity index (χ3n) is 5.32. The van der Waals surface area contributed by atoms with E-state index in [1.807, 2.05) is 12.1 Å². The van der Waals surface area contributed by atoms with Crippen molar-refractivity contribution in [2.45, 2.75) is 49.3 Å². The van der Waals surface area contributed by atoms with Crippen LogP contribution in [0.5, 0.6) is 0 Å². The highest BCUT2D eigenvalue weighted by Crippen LogP contribution is 2.32. The Kier molecular flexibility index (Phi) is 6.66. The number of hydrogen-bond donors (Lipinski definition) is 1. The molecule has 11 heteroatoms. The monoisotopic (exact) mass is 494 g/mol. The van der Waals surface area contributed by atoms with Crippen molar-refractivity contribution < 1.29 is 17.6 Å². The van der Waals surface area contributed by atoms with E-state index in [1.54, 1.807) is 0 Å². The number of hydrogen-bond acceptors (Lipinski definition) is 7. The molecule has 1 aliphatic rings. The highest BCUT2D eigenvalue weighted by Gasteiger charge is 2.40. The number of halogens is 1. The van der Waals surface area contributed by atoms with Crippen LogP contribution >= 0.6 is 22.9 Å². The molecule has 170 valence electrons. The molecule has 32 heavy (non-hydrogen) atoms. The van der Waals surface area contributed by atoms with Crippen molar-refractivity contribution in [1.29, 1.82) is 0 Å². The maximum absolute atomic E-state index is 12.9. The average Bonchev–Trinajstić information content (AvgIpc) is 3.49. The number of benzene rings is 1. The summed E-state index contributed by atoms with van der Waals surface area (Å²) in [5.41, 5.74) is 2.26. The molecular formula is C21H23ClN4O4S2. The quantitative estimate of drug-likeness (QED) is 0.525. The summed E-state index contributed by atoms with van der Waals surface area (Å²) in [5.74, 6) is 0.317. The molecule has 0 spiro atoms. The number of carbonyl (C=O) groups is 1. The molecule has 1 saturated heterocycles. The summed E-state index contributed by atoms with van der Waals surface area (Å²) in [6.45, 7) is 4.53. The lowest BCUT2D eigenvalue weighted by Crippen LogP contribution is -2.42. The smallest absolute Gasteiger partial charge is 0.322 e. The van der Waals surface area contributed by atoms with Crippen molar-refractivity contribution >= 4 is 44.9 Å². The maximum atomic E-state index is 12.9. The molecule has 1 aliphatic heterocycles. The predicted octanol–water partition coefficient (Wildman–Crippen LogP) is 4.29. The van der Waals surface area contributed by atoms with E-state index in [0.717, 1.165) is 16.9 Å². The first kappa shape index (κ1) is 22.9. The first-order valence-electron chi connectivity index (χ1n) is 10.2. The Morgan fingerprint density at radius 3 is 2.66 bits per heavy atom. The Labute approximate surface area is 195 Å². The van der Waals surface area contributed by atoms with Crippen LogP contribution < -0.4 is 5.32 Å².